The molecule has 0 saturated carbocycles. The van der Waals surface area contributed by atoms with Crippen LogP contribution in [0.15, 0.2) is 29.9 Å². The number of thiophene rings is 1. The Kier molecular flexibility index (Phi) is 4.55. The van der Waals surface area contributed by atoms with Crippen LogP contribution >= 0.6 is 22.9 Å². The standard InChI is InChI=1S/C13H16ClN3S/c1-10(6-12-4-3-5-18-12)17(2)13-9-15-8-11(7-14)16-13/h3-5,8-10H,6-7H2,1-2H3. The van der Waals surface area contributed by atoms with E-state index >= 15 is 0 Å². The van der Waals surface area contributed by atoms with Crippen molar-refractivity contribution in [3.63, 3.8) is 0 Å². The van der Waals surface area contributed by atoms with Gasteiger partial charge in [0.15, 0.2) is 0 Å². The number of rotatable bonds is 5. The van der Waals surface area contributed by atoms with Gasteiger partial charge in [0.1, 0.15) is 5.82 Å². The van der Waals surface area contributed by atoms with Crippen molar-refractivity contribution in [2.24, 2.45) is 0 Å². The van der Waals surface area contributed by atoms with E-state index < -0.39 is 0 Å². The second-order valence-electron chi connectivity index (χ2n) is 4.25. The summed E-state index contributed by atoms with van der Waals surface area (Å²) < 4.78 is 0. The van der Waals surface area contributed by atoms with Gasteiger partial charge in [-0.15, -0.1) is 22.9 Å². The maximum absolute atomic E-state index is 5.78. The largest absolute Gasteiger partial charge is 0.355 e. The second kappa shape index (κ2) is 6.16. The summed E-state index contributed by atoms with van der Waals surface area (Å²) in [5.74, 6) is 1.27. The zero-order chi connectivity index (χ0) is 13.0. The number of likely N-dealkylation sites (N-methyl/N-ethyl adjacent to an activating group) is 1. The van der Waals surface area contributed by atoms with Crippen LogP contribution in [0.5, 0.6) is 0 Å². The molecule has 0 aliphatic heterocycles. The molecule has 2 aromatic heterocycles. The summed E-state index contributed by atoms with van der Waals surface area (Å²) in [7, 11) is 2.04. The fourth-order valence-corrected chi connectivity index (χ4v) is 2.67. The SMILES string of the molecule is CC(Cc1cccs1)N(C)c1cncc(CCl)n1. The van der Waals surface area contributed by atoms with Gasteiger partial charge in [-0.1, -0.05) is 6.07 Å². The fourth-order valence-electron chi connectivity index (χ4n) is 1.71. The van der Waals surface area contributed by atoms with Gasteiger partial charge in [-0.3, -0.25) is 4.98 Å². The molecule has 2 aromatic rings. The van der Waals surface area contributed by atoms with E-state index in [1.165, 1.54) is 4.88 Å². The quantitative estimate of drug-likeness (QED) is 0.787. The van der Waals surface area contributed by atoms with Gasteiger partial charge in [-0.25, -0.2) is 4.98 Å². The highest BCUT2D eigenvalue weighted by Gasteiger charge is 2.13. The van der Waals surface area contributed by atoms with Crippen LogP contribution in [0, 0.1) is 0 Å². The molecule has 0 radical (unpaired) electrons. The molecule has 0 spiro atoms. The molecule has 3 nitrogen and oxygen atoms in total. The van der Waals surface area contributed by atoms with Crippen molar-refractivity contribution in [1.82, 2.24) is 9.97 Å². The highest BCUT2D eigenvalue weighted by atomic mass is 35.5. The molecule has 0 aliphatic rings. The van der Waals surface area contributed by atoms with Gasteiger partial charge in [0.25, 0.3) is 0 Å². The van der Waals surface area contributed by atoms with Crippen molar-refractivity contribution in [3.05, 3.63) is 40.5 Å². The average molecular weight is 282 g/mol. The molecule has 1 atom stereocenters. The van der Waals surface area contributed by atoms with Gasteiger partial charge in [-0.05, 0) is 18.4 Å². The second-order valence-corrected chi connectivity index (χ2v) is 5.55. The monoisotopic (exact) mass is 281 g/mol. The van der Waals surface area contributed by atoms with E-state index in [-0.39, 0.29) is 0 Å². The number of hydrogen-bond acceptors (Lipinski definition) is 4. The van der Waals surface area contributed by atoms with Gasteiger partial charge >= 0.3 is 0 Å². The molecule has 2 heterocycles. The average Bonchev–Trinajstić information content (AvgIpc) is 2.90. The van der Waals surface area contributed by atoms with E-state index in [0.29, 0.717) is 11.9 Å². The topological polar surface area (TPSA) is 29.0 Å². The highest BCUT2D eigenvalue weighted by molar-refractivity contribution is 7.09. The van der Waals surface area contributed by atoms with E-state index in [0.717, 1.165) is 17.9 Å². The minimum atomic E-state index is 0.378. The van der Waals surface area contributed by atoms with Crippen LogP contribution in [0.25, 0.3) is 0 Å². The molecule has 0 saturated heterocycles. The minimum Gasteiger partial charge on any atom is -0.355 e. The van der Waals surface area contributed by atoms with E-state index in [9.17, 15) is 0 Å². The third kappa shape index (κ3) is 3.21. The van der Waals surface area contributed by atoms with Crippen LogP contribution in [0.1, 0.15) is 17.5 Å². The zero-order valence-electron chi connectivity index (χ0n) is 10.5. The Labute approximate surface area is 116 Å². The van der Waals surface area contributed by atoms with Crippen molar-refractivity contribution in [2.75, 3.05) is 11.9 Å². The number of aromatic nitrogens is 2. The predicted molar refractivity (Wildman–Crippen MR) is 77.5 cm³/mol. The zero-order valence-corrected chi connectivity index (χ0v) is 12.1. The maximum Gasteiger partial charge on any atom is 0.147 e. The Morgan fingerprint density at radius 1 is 1.44 bits per heavy atom. The Balaban J connectivity index is 2.07. The highest BCUT2D eigenvalue weighted by Crippen LogP contribution is 2.17. The van der Waals surface area contributed by atoms with Gasteiger partial charge < -0.3 is 4.90 Å². The summed E-state index contributed by atoms with van der Waals surface area (Å²) in [6.07, 6.45) is 4.50. The Morgan fingerprint density at radius 2 is 2.28 bits per heavy atom. The lowest BCUT2D eigenvalue weighted by molar-refractivity contribution is 0.677. The summed E-state index contributed by atoms with van der Waals surface area (Å²) in [5, 5.41) is 2.11. The van der Waals surface area contributed by atoms with Crippen LogP contribution in [0.2, 0.25) is 0 Å². The van der Waals surface area contributed by atoms with Gasteiger partial charge in [0.2, 0.25) is 0 Å². The number of hydrogen-bond donors (Lipinski definition) is 0. The first-order valence-corrected chi connectivity index (χ1v) is 7.24. The molecule has 1 unspecified atom stereocenters. The van der Waals surface area contributed by atoms with E-state index in [2.05, 4.69) is 39.3 Å². The first-order valence-electron chi connectivity index (χ1n) is 5.83. The van der Waals surface area contributed by atoms with Crippen molar-refractivity contribution < 1.29 is 0 Å². The Hall–Kier alpha value is -1.13. The van der Waals surface area contributed by atoms with E-state index in [1.807, 2.05) is 7.05 Å². The third-order valence-corrected chi connectivity index (χ3v) is 4.08. The van der Waals surface area contributed by atoms with E-state index in [1.54, 1.807) is 23.7 Å². The fraction of sp³-hybridized carbons (Fsp3) is 0.385. The number of nitrogens with zero attached hydrogens (tertiary/aromatic N) is 3. The van der Waals surface area contributed by atoms with Gasteiger partial charge in [0, 0.05) is 30.6 Å². The van der Waals surface area contributed by atoms with Gasteiger partial charge in [0.05, 0.1) is 17.8 Å². The minimum absolute atomic E-state index is 0.378. The van der Waals surface area contributed by atoms with Crippen LogP contribution in [0.4, 0.5) is 5.82 Å². The van der Waals surface area contributed by atoms with Crippen molar-refractivity contribution in [3.8, 4) is 0 Å². The summed E-state index contributed by atoms with van der Waals surface area (Å²) >= 11 is 7.57. The number of anilines is 1. The molecule has 0 bridgehead atoms. The van der Waals surface area contributed by atoms with Crippen molar-refractivity contribution >= 4 is 28.8 Å². The summed E-state index contributed by atoms with van der Waals surface area (Å²) in [5.41, 5.74) is 0.810. The maximum atomic E-state index is 5.78. The van der Waals surface area contributed by atoms with Gasteiger partial charge in [-0.2, -0.15) is 0 Å². The molecule has 96 valence electrons. The molecule has 0 fully saturated rings. The van der Waals surface area contributed by atoms with Crippen LogP contribution in [-0.2, 0) is 12.3 Å². The first kappa shape index (κ1) is 13.3. The van der Waals surface area contributed by atoms with Crippen LogP contribution in [0.3, 0.4) is 0 Å². The van der Waals surface area contributed by atoms with Crippen molar-refractivity contribution in [2.45, 2.75) is 25.3 Å². The van der Waals surface area contributed by atoms with Crippen LogP contribution in [-0.4, -0.2) is 23.1 Å². The van der Waals surface area contributed by atoms with Crippen molar-refractivity contribution in [1.29, 1.82) is 0 Å². The number of halogens is 1. The molecule has 5 heteroatoms. The smallest absolute Gasteiger partial charge is 0.147 e. The molecule has 18 heavy (non-hydrogen) atoms. The van der Waals surface area contributed by atoms with E-state index in [4.69, 9.17) is 11.6 Å². The molecule has 0 aromatic carbocycles. The molecule has 2 rings (SSSR count). The van der Waals surface area contributed by atoms with Crippen LogP contribution < -0.4 is 4.90 Å². The molecule has 0 aliphatic carbocycles. The normalized spacial score (nSPS) is 12.4. The lowest BCUT2D eigenvalue weighted by atomic mass is 10.2. The molecular formula is C13H16ClN3S. The Bertz CT molecular complexity index is 487. The lowest BCUT2D eigenvalue weighted by Crippen LogP contribution is -2.31. The third-order valence-electron chi connectivity index (χ3n) is 2.91. The Morgan fingerprint density at radius 3 is 2.94 bits per heavy atom. The summed E-state index contributed by atoms with van der Waals surface area (Å²) in [6, 6.07) is 4.62. The molecule has 0 amide bonds. The molecular weight excluding hydrogens is 266 g/mol. The first-order chi connectivity index (χ1) is 8.70. The molecule has 0 N–H and O–H groups in total. The summed E-state index contributed by atoms with van der Waals surface area (Å²) in [4.78, 5) is 12.2. The number of alkyl halides is 1. The lowest BCUT2D eigenvalue weighted by Gasteiger charge is -2.25. The summed E-state index contributed by atoms with van der Waals surface area (Å²) in [6.45, 7) is 2.19. The predicted octanol–water partition coefficient (Wildman–Crippen LogP) is 3.34.